The molecule has 2 aromatic heterocycles. The highest BCUT2D eigenvalue weighted by atomic mass is 16.5. The summed E-state index contributed by atoms with van der Waals surface area (Å²) in [5, 5.41) is 3.36. The maximum absolute atomic E-state index is 11.3. The molecule has 1 amide bonds. The molecule has 116 valence electrons. The standard InChI is InChI=1S/C17H16N4O2/c1-18-14(22)9-5-6-12-10-19-16-15(12)17(21-11-20-16)23-13-7-3-2-4-8-13/h2-5,7-11H,6H2,1H3,(H,18,22)(H,19,20,21). The van der Waals surface area contributed by atoms with E-state index in [0.29, 0.717) is 23.7 Å². The lowest BCUT2D eigenvalue weighted by Gasteiger charge is -2.06. The Bertz CT molecular complexity index is 840. The van der Waals surface area contributed by atoms with Crippen LogP contribution in [0.25, 0.3) is 11.0 Å². The third kappa shape index (κ3) is 3.37. The van der Waals surface area contributed by atoms with Gasteiger partial charge in [0.15, 0.2) is 0 Å². The molecule has 3 aromatic rings. The van der Waals surface area contributed by atoms with Crippen LogP contribution in [0.5, 0.6) is 11.6 Å². The summed E-state index contributed by atoms with van der Waals surface area (Å²) >= 11 is 0. The average molecular weight is 308 g/mol. The van der Waals surface area contributed by atoms with Crippen LogP contribution >= 0.6 is 0 Å². The lowest BCUT2D eigenvalue weighted by atomic mass is 10.1. The van der Waals surface area contributed by atoms with Gasteiger partial charge in [-0.15, -0.1) is 0 Å². The van der Waals surface area contributed by atoms with Gasteiger partial charge in [-0.1, -0.05) is 24.3 Å². The Hall–Kier alpha value is -3.15. The summed E-state index contributed by atoms with van der Waals surface area (Å²) < 4.78 is 5.86. The van der Waals surface area contributed by atoms with Crippen molar-refractivity contribution in [3.63, 3.8) is 0 Å². The maximum atomic E-state index is 11.3. The third-order valence-electron chi connectivity index (χ3n) is 3.33. The molecule has 0 fully saturated rings. The molecule has 0 saturated heterocycles. The molecule has 0 aliphatic rings. The van der Waals surface area contributed by atoms with Crippen molar-refractivity contribution in [3.8, 4) is 11.6 Å². The number of H-pyrrole nitrogens is 1. The molecule has 0 unspecified atom stereocenters. The van der Waals surface area contributed by atoms with Gasteiger partial charge in [-0.2, -0.15) is 0 Å². The monoisotopic (exact) mass is 308 g/mol. The quantitative estimate of drug-likeness (QED) is 0.710. The van der Waals surface area contributed by atoms with Gasteiger partial charge >= 0.3 is 0 Å². The molecule has 0 atom stereocenters. The number of hydrogen-bond donors (Lipinski definition) is 2. The van der Waals surface area contributed by atoms with Crippen molar-refractivity contribution in [2.24, 2.45) is 0 Å². The molecule has 3 rings (SSSR count). The molecule has 0 spiro atoms. The largest absolute Gasteiger partial charge is 0.438 e. The van der Waals surface area contributed by atoms with Crippen molar-refractivity contribution in [1.82, 2.24) is 20.3 Å². The molecule has 0 aliphatic carbocycles. The van der Waals surface area contributed by atoms with Gasteiger partial charge in [0.1, 0.15) is 17.7 Å². The molecule has 0 aliphatic heterocycles. The molecular formula is C17H16N4O2. The van der Waals surface area contributed by atoms with Crippen LogP contribution < -0.4 is 10.1 Å². The van der Waals surface area contributed by atoms with E-state index < -0.39 is 0 Å². The zero-order valence-electron chi connectivity index (χ0n) is 12.6. The molecular weight excluding hydrogens is 292 g/mol. The number of hydrogen-bond acceptors (Lipinski definition) is 4. The number of allylic oxidation sites excluding steroid dienone is 1. The third-order valence-corrected chi connectivity index (χ3v) is 3.33. The summed E-state index contributed by atoms with van der Waals surface area (Å²) in [6, 6.07) is 9.46. The number of carbonyl (C=O) groups is 1. The van der Waals surface area contributed by atoms with Crippen LogP contribution in [0.3, 0.4) is 0 Å². The van der Waals surface area contributed by atoms with E-state index in [4.69, 9.17) is 4.74 Å². The van der Waals surface area contributed by atoms with Crippen LogP contribution in [-0.4, -0.2) is 27.9 Å². The first kappa shape index (κ1) is 14.8. The number of nitrogens with one attached hydrogen (secondary N) is 2. The highest BCUT2D eigenvalue weighted by Gasteiger charge is 2.12. The van der Waals surface area contributed by atoms with Gasteiger partial charge in [-0.3, -0.25) is 4.79 Å². The first-order chi connectivity index (χ1) is 11.3. The van der Waals surface area contributed by atoms with Crippen molar-refractivity contribution in [2.75, 3.05) is 7.05 Å². The van der Waals surface area contributed by atoms with Gasteiger partial charge in [0.25, 0.3) is 0 Å². The van der Waals surface area contributed by atoms with Crippen molar-refractivity contribution in [3.05, 3.63) is 60.6 Å². The van der Waals surface area contributed by atoms with Crippen molar-refractivity contribution < 1.29 is 9.53 Å². The Morgan fingerprint density at radius 3 is 2.91 bits per heavy atom. The highest BCUT2D eigenvalue weighted by Crippen LogP contribution is 2.29. The highest BCUT2D eigenvalue weighted by molar-refractivity contribution is 5.88. The zero-order valence-corrected chi connectivity index (χ0v) is 12.6. The minimum absolute atomic E-state index is 0.137. The van der Waals surface area contributed by atoms with Crippen molar-refractivity contribution in [2.45, 2.75) is 6.42 Å². The summed E-state index contributed by atoms with van der Waals surface area (Å²) in [6.07, 6.45) is 7.18. The fourth-order valence-electron chi connectivity index (χ4n) is 2.21. The summed E-state index contributed by atoms with van der Waals surface area (Å²) in [5.74, 6) is 1.06. The first-order valence-electron chi connectivity index (χ1n) is 7.20. The molecule has 0 bridgehead atoms. The Labute approximate surface area is 133 Å². The van der Waals surface area contributed by atoms with Crippen LogP contribution in [0.15, 0.2) is 55.0 Å². The number of aromatic nitrogens is 3. The van der Waals surface area contributed by atoms with Gasteiger partial charge in [0.05, 0.1) is 5.39 Å². The van der Waals surface area contributed by atoms with Gasteiger partial charge in [0.2, 0.25) is 11.8 Å². The fraction of sp³-hybridized carbons (Fsp3) is 0.118. The number of para-hydroxylation sites is 1. The van der Waals surface area contributed by atoms with E-state index in [-0.39, 0.29) is 5.91 Å². The smallest absolute Gasteiger partial charge is 0.243 e. The van der Waals surface area contributed by atoms with Crippen LogP contribution in [0.2, 0.25) is 0 Å². The van der Waals surface area contributed by atoms with E-state index in [0.717, 1.165) is 10.9 Å². The van der Waals surface area contributed by atoms with E-state index in [1.807, 2.05) is 36.5 Å². The lowest BCUT2D eigenvalue weighted by Crippen LogP contribution is -2.14. The number of carbonyl (C=O) groups excluding carboxylic acids is 1. The molecule has 2 heterocycles. The Morgan fingerprint density at radius 2 is 2.13 bits per heavy atom. The summed E-state index contributed by atoms with van der Waals surface area (Å²) in [4.78, 5) is 22.8. The molecule has 6 nitrogen and oxygen atoms in total. The van der Waals surface area contributed by atoms with E-state index in [1.165, 1.54) is 12.4 Å². The lowest BCUT2D eigenvalue weighted by molar-refractivity contribution is -0.116. The summed E-state index contributed by atoms with van der Waals surface area (Å²) in [6.45, 7) is 0. The Balaban J connectivity index is 1.91. The number of amides is 1. The molecule has 0 saturated carbocycles. The maximum Gasteiger partial charge on any atom is 0.243 e. The molecule has 23 heavy (non-hydrogen) atoms. The number of nitrogens with zero attached hydrogens (tertiary/aromatic N) is 2. The Kier molecular flexibility index (Phi) is 4.33. The average Bonchev–Trinajstić information content (AvgIpc) is 3.00. The predicted molar refractivity (Wildman–Crippen MR) is 87.3 cm³/mol. The summed E-state index contributed by atoms with van der Waals surface area (Å²) in [7, 11) is 1.60. The molecule has 0 radical (unpaired) electrons. The van der Waals surface area contributed by atoms with E-state index >= 15 is 0 Å². The number of rotatable bonds is 5. The van der Waals surface area contributed by atoms with Gasteiger partial charge in [-0.25, -0.2) is 9.97 Å². The SMILES string of the molecule is CNC(=O)C=CCc1c[nH]c2ncnc(Oc3ccccc3)c12. The number of fused-ring (bicyclic) bond motifs is 1. The molecule has 1 aromatic carbocycles. The first-order valence-corrected chi connectivity index (χ1v) is 7.20. The minimum atomic E-state index is -0.137. The normalized spacial score (nSPS) is 11.0. The van der Waals surface area contributed by atoms with Gasteiger partial charge in [-0.05, 0) is 30.2 Å². The van der Waals surface area contributed by atoms with Gasteiger partial charge in [0, 0.05) is 13.2 Å². The van der Waals surface area contributed by atoms with E-state index in [1.54, 1.807) is 13.1 Å². The van der Waals surface area contributed by atoms with E-state index in [9.17, 15) is 4.79 Å². The van der Waals surface area contributed by atoms with Crippen molar-refractivity contribution in [1.29, 1.82) is 0 Å². The second-order valence-electron chi connectivity index (χ2n) is 4.85. The van der Waals surface area contributed by atoms with Gasteiger partial charge < -0.3 is 15.0 Å². The minimum Gasteiger partial charge on any atom is -0.438 e. The number of benzene rings is 1. The van der Waals surface area contributed by atoms with Crippen LogP contribution in [0.4, 0.5) is 0 Å². The van der Waals surface area contributed by atoms with Crippen LogP contribution in [-0.2, 0) is 11.2 Å². The van der Waals surface area contributed by atoms with Crippen molar-refractivity contribution >= 4 is 16.9 Å². The number of ether oxygens (including phenoxy) is 1. The van der Waals surface area contributed by atoms with Crippen LogP contribution in [0.1, 0.15) is 5.56 Å². The number of likely N-dealkylation sites (N-methyl/N-ethyl adjacent to an activating group) is 1. The summed E-state index contributed by atoms with van der Waals surface area (Å²) in [5.41, 5.74) is 1.67. The second kappa shape index (κ2) is 6.74. The topological polar surface area (TPSA) is 79.9 Å². The second-order valence-corrected chi connectivity index (χ2v) is 4.85. The zero-order chi connectivity index (χ0) is 16.1. The molecule has 2 N–H and O–H groups in total. The predicted octanol–water partition coefficient (Wildman–Crippen LogP) is 2.59. The Morgan fingerprint density at radius 1 is 1.30 bits per heavy atom. The number of aromatic amines is 1. The fourth-order valence-corrected chi connectivity index (χ4v) is 2.21. The van der Waals surface area contributed by atoms with E-state index in [2.05, 4.69) is 20.3 Å². The molecule has 6 heteroatoms. The van der Waals surface area contributed by atoms with Crippen LogP contribution in [0, 0.1) is 0 Å².